The number of hydrogen-bond donors (Lipinski definition) is 2. The van der Waals surface area contributed by atoms with E-state index in [1.54, 1.807) is 0 Å². The highest BCUT2D eigenvalue weighted by Crippen LogP contribution is 2.33. The Morgan fingerprint density at radius 2 is 2.19 bits per heavy atom. The molecule has 0 fully saturated rings. The molecule has 1 aromatic rings. The van der Waals surface area contributed by atoms with Crippen LogP contribution in [0.15, 0.2) is 17.1 Å². The number of aliphatic imine (C=N–C) groups is 1. The fraction of sp³-hybridized carbons (Fsp3) is 0.125. The normalized spacial score (nSPS) is 9.62. The van der Waals surface area contributed by atoms with Crippen LogP contribution in [0.3, 0.4) is 0 Å². The van der Waals surface area contributed by atoms with Crippen LogP contribution in [0.2, 0.25) is 0 Å². The lowest BCUT2D eigenvalue weighted by atomic mass is 10.2. The molecule has 1 rings (SSSR count). The number of halogens is 1. The Balaban J connectivity index is 3.40. The second kappa shape index (κ2) is 4.43. The Hall–Kier alpha value is -2.38. The molecule has 0 amide bonds. The highest BCUT2D eigenvalue weighted by Gasteiger charge is 2.18. The van der Waals surface area contributed by atoms with Gasteiger partial charge in [-0.1, -0.05) is 0 Å². The van der Waals surface area contributed by atoms with E-state index in [0.29, 0.717) is 0 Å². The molecule has 1 aromatic carbocycles. The second-order valence-corrected chi connectivity index (χ2v) is 2.77. The molecule has 0 saturated carbocycles. The average Bonchev–Trinajstić information content (AvgIpc) is 2.18. The number of methoxy groups -OCH3 is 1. The van der Waals surface area contributed by atoms with E-state index in [9.17, 15) is 14.5 Å². The number of nitro groups is 1. The molecule has 0 atom stereocenters. The summed E-state index contributed by atoms with van der Waals surface area (Å²) in [6.45, 7) is 0. The van der Waals surface area contributed by atoms with Gasteiger partial charge in [0, 0.05) is 12.1 Å². The molecule has 7 nitrogen and oxygen atoms in total. The van der Waals surface area contributed by atoms with Crippen LogP contribution in [0.25, 0.3) is 0 Å². The maximum atomic E-state index is 13.2. The van der Waals surface area contributed by atoms with E-state index in [0.717, 1.165) is 12.1 Å². The minimum absolute atomic E-state index is 0.00407. The Morgan fingerprint density at radius 3 is 2.62 bits per heavy atom. The fourth-order valence-corrected chi connectivity index (χ4v) is 1.06. The number of nitrogens with two attached hydrogens (primary N) is 2. The van der Waals surface area contributed by atoms with Gasteiger partial charge in [-0.2, -0.15) is 4.39 Å². The molecule has 0 spiro atoms. The van der Waals surface area contributed by atoms with Crippen LogP contribution >= 0.6 is 0 Å². The van der Waals surface area contributed by atoms with Crippen molar-refractivity contribution in [1.82, 2.24) is 0 Å². The first-order valence-corrected chi connectivity index (χ1v) is 4.07. The zero-order valence-electron chi connectivity index (χ0n) is 8.31. The van der Waals surface area contributed by atoms with Gasteiger partial charge in [0.05, 0.1) is 12.0 Å². The third kappa shape index (κ3) is 2.35. The fourth-order valence-electron chi connectivity index (χ4n) is 1.06. The first-order chi connectivity index (χ1) is 7.45. The molecule has 0 aromatic heterocycles. The van der Waals surface area contributed by atoms with Gasteiger partial charge >= 0.3 is 5.69 Å². The molecule has 86 valence electrons. The van der Waals surface area contributed by atoms with Gasteiger partial charge < -0.3 is 16.2 Å². The molecule has 0 radical (unpaired) electrons. The molecule has 0 heterocycles. The Kier molecular flexibility index (Phi) is 3.24. The summed E-state index contributed by atoms with van der Waals surface area (Å²) in [6, 6.07) is 1.74. The van der Waals surface area contributed by atoms with Crippen molar-refractivity contribution in [3.8, 4) is 5.75 Å². The molecular formula is C8H9FN4O3. The Labute approximate surface area is 89.7 Å². The van der Waals surface area contributed by atoms with Gasteiger partial charge in [-0.05, 0) is 0 Å². The molecule has 4 N–H and O–H groups in total. The van der Waals surface area contributed by atoms with Crippen molar-refractivity contribution in [2.75, 3.05) is 7.11 Å². The van der Waals surface area contributed by atoms with E-state index in [-0.39, 0.29) is 17.4 Å². The number of hydrogen-bond acceptors (Lipinski definition) is 4. The number of guanidine groups is 1. The molecule has 8 heteroatoms. The summed E-state index contributed by atoms with van der Waals surface area (Å²) < 4.78 is 18.0. The number of nitrogens with zero attached hydrogens (tertiary/aromatic N) is 2. The van der Waals surface area contributed by atoms with Crippen LogP contribution in [0.1, 0.15) is 0 Å². The highest BCUT2D eigenvalue weighted by atomic mass is 19.1. The molecule has 0 aliphatic rings. The van der Waals surface area contributed by atoms with Crippen molar-refractivity contribution in [1.29, 1.82) is 0 Å². The lowest BCUT2D eigenvalue weighted by Crippen LogP contribution is -2.22. The maximum absolute atomic E-state index is 13.2. The SMILES string of the molecule is COc1cc(F)c([N+](=O)[O-])cc1N=C(N)N. The molecule has 0 aliphatic carbocycles. The van der Waals surface area contributed by atoms with Crippen LogP contribution in [0, 0.1) is 15.9 Å². The van der Waals surface area contributed by atoms with Crippen LogP contribution in [-0.4, -0.2) is 18.0 Å². The molecule has 0 bridgehead atoms. The van der Waals surface area contributed by atoms with Crippen molar-refractivity contribution < 1.29 is 14.1 Å². The third-order valence-electron chi connectivity index (χ3n) is 1.69. The van der Waals surface area contributed by atoms with Crippen molar-refractivity contribution in [3.05, 3.63) is 28.1 Å². The van der Waals surface area contributed by atoms with Gasteiger partial charge in [0.2, 0.25) is 5.82 Å². The van der Waals surface area contributed by atoms with Gasteiger partial charge in [-0.25, -0.2) is 4.99 Å². The second-order valence-electron chi connectivity index (χ2n) is 2.77. The topological polar surface area (TPSA) is 117 Å². The lowest BCUT2D eigenvalue weighted by Gasteiger charge is -2.04. The van der Waals surface area contributed by atoms with Gasteiger partial charge in [0.15, 0.2) is 5.96 Å². The van der Waals surface area contributed by atoms with Gasteiger partial charge in [0.25, 0.3) is 0 Å². The van der Waals surface area contributed by atoms with Crippen LogP contribution in [-0.2, 0) is 0 Å². The Bertz CT molecular complexity index is 457. The van der Waals surface area contributed by atoms with E-state index in [4.69, 9.17) is 16.2 Å². The number of ether oxygens (including phenoxy) is 1. The number of rotatable bonds is 3. The lowest BCUT2D eigenvalue weighted by molar-refractivity contribution is -0.387. The smallest absolute Gasteiger partial charge is 0.307 e. The maximum Gasteiger partial charge on any atom is 0.307 e. The molecule has 0 saturated heterocycles. The average molecular weight is 228 g/mol. The minimum atomic E-state index is -1.02. The standard InChI is InChI=1S/C8H9FN4O3/c1-16-7-2-4(9)6(13(14)15)3-5(7)12-8(10)11/h2-3H,1H3,(H4,10,11,12). The number of nitro benzene ring substituents is 1. The van der Waals surface area contributed by atoms with E-state index in [1.165, 1.54) is 7.11 Å². The van der Waals surface area contributed by atoms with Crippen LogP contribution in [0.4, 0.5) is 15.8 Å². The minimum Gasteiger partial charge on any atom is -0.494 e. The summed E-state index contributed by atoms with van der Waals surface area (Å²) >= 11 is 0. The zero-order chi connectivity index (χ0) is 12.3. The van der Waals surface area contributed by atoms with Crippen molar-refractivity contribution in [2.24, 2.45) is 16.5 Å². The van der Waals surface area contributed by atoms with E-state index >= 15 is 0 Å². The summed E-state index contributed by atoms with van der Waals surface area (Å²) in [5, 5.41) is 10.5. The van der Waals surface area contributed by atoms with E-state index in [2.05, 4.69) is 4.99 Å². The Morgan fingerprint density at radius 1 is 1.56 bits per heavy atom. The number of benzene rings is 1. The molecule has 0 aliphatic heterocycles. The van der Waals surface area contributed by atoms with Crippen molar-refractivity contribution >= 4 is 17.3 Å². The van der Waals surface area contributed by atoms with Crippen molar-refractivity contribution in [3.63, 3.8) is 0 Å². The van der Waals surface area contributed by atoms with E-state index < -0.39 is 16.4 Å². The summed E-state index contributed by atoms with van der Waals surface area (Å²) in [6.07, 6.45) is 0. The zero-order valence-corrected chi connectivity index (χ0v) is 8.31. The predicted octanol–water partition coefficient (Wildman–Crippen LogP) is 0.647. The highest BCUT2D eigenvalue weighted by molar-refractivity contribution is 5.80. The summed E-state index contributed by atoms with van der Waals surface area (Å²) in [5.41, 5.74) is 9.52. The summed E-state index contributed by atoms with van der Waals surface area (Å²) in [4.78, 5) is 13.2. The first kappa shape index (κ1) is 11.7. The predicted molar refractivity (Wildman–Crippen MR) is 55.1 cm³/mol. The van der Waals surface area contributed by atoms with Crippen LogP contribution in [0.5, 0.6) is 5.75 Å². The summed E-state index contributed by atoms with van der Waals surface area (Å²) in [7, 11) is 1.27. The van der Waals surface area contributed by atoms with Crippen molar-refractivity contribution in [2.45, 2.75) is 0 Å². The summed E-state index contributed by atoms with van der Waals surface area (Å²) in [5.74, 6) is -1.31. The van der Waals surface area contributed by atoms with Gasteiger partial charge in [-0.15, -0.1) is 0 Å². The van der Waals surface area contributed by atoms with Crippen LogP contribution < -0.4 is 16.2 Å². The monoisotopic (exact) mass is 228 g/mol. The molecule has 16 heavy (non-hydrogen) atoms. The van der Waals surface area contributed by atoms with E-state index in [1.807, 2.05) is 0 Å². The first-order valence-electron chi connectivity index (χ1n) is 4.07. The van der Waals surface area contributed by atoms with Gasteiger partial charge in [-0.3, -0.25) is 10.1 Å². The molecule has 0 unspecified atom stereocenters. The largest absolute Gasteiger partial charge is 0.494 e. The molecular weight excluding hydrogens is 219 g/mol. The third-order valence-corrected chi connectivity index (χ3v) is 1.69. The quantitative estimate of drug-likeness (QED) is 0.341. The van der Waals surface area contributed by atoms with Gasteiger partial charge in [0.1, 0.15) is 11.4 Å².